The predicted octanol–water partition coefficient (Wildman–Crippen LogP) is 2.86. The monoisotopic (exact) mass is 480 g/mol. The summed E-state index contributed by atoms with van der Waals surface area (Å²) in [6, 6.07) is 7.01. The Morgan fingerprint density at radius 2 is 1.79 bits per heavy atom. The van der Waals surface area contributed by atoms with Crippen molar-refractivity contribution in [3.05, 3.63) is 24.3 Å². The van der Waals surface area contributed by atoms with Crippen molar-refractivity contribution >= 4 is 21.8 Å². The fourth-order valence-corrected chi connectivity index (χ4v) is 6.47. The molecule has 0 saturated carbocycles. The molecule has 0 aromatic heterocycles. The van der Waals surface area contributed by atoms with Crippen LogP contribution in [0.3, 0.4) is 0 Å². The van der Waals surface area contributed by atoms with Crippen molar-refractivity contribution in [3.63, 3.8) is 0 Å². The van der Waals surface area contributed by atoms with E-state index in [2.05, 4.69) is 10.2 Å². The molecule has 2 saturated heterocycles. The maximum atomic E-state index is 13.4. The van der Waals surface area contributed by atoms with Crippen LogP contribution in [0, 0.1) is 5.92 Å². The van der Waals surface area contributed by atoms with Gasteiger partial charge in [0.2, 0.25) is 5.91 Å². The Balaban J connectivity index is 1.52. The summed E-state index contributed by atoms with van der Waals surface area (Å²) in [4.78, 5) is 15.3. The number of nitrogens with one attached hydrogen (secondary N) is 1. The third kappa shape index (κ3) is 7.07. The van der Waals surface area contributed by atoms with Crippen molar-refractivity contribution in [2.75, 3.05) is 57.2 Å². The van der Waals surface area contributed by atoms with Gasteiger partial charge < -0.3 is 15.0 Å². The van der Waals surface area contributed by atoms with Gasteiger partial charge in [0.15, 0.2) is 0 Å². The van der Waals surface area contributed by atoms with Crippen LogP contribution in [0.5, 0.6) is 5.75 Å². The summed E-state index contributed by atoms with van der Waals surface area (Å²) in [6.45, 7) is 6.78. The summed E-state index contributed by atoms with van der Waals surface area (Å²) in [7, 11) is -2.14. The van der Waals surface area contributed by atoms with Gasteiger partial charge in [-0.3, -0.25) is 9.10 Å². The average molecular weight is 481 g/mol. The number of anilines is 1. The molecule has 8 nitrogen and oxygen atoms in total. The molecule has 0 radical (unpaired) electrons. The van der Waals surface area contributed by atoms with E-state index in [-0.39, 0.29) is 18.4 Å². The first-order valence-electron chi connectivity index (χ1n) is 12.4. The zero-order valence-corrected chi connectivity index (χ0v) is 21.0. The van der Waals surface area contributed by atoms with Crippen molar-refractivity contribution < 1.29 is 17.9 Å². The van der Waals surface area contributed by atoms with Crippen molar-refractivity contribution in [1.29, 1.82) is 0 Å². The van der Waals surface area contributed by atoms with Gasteiger partial charge >= 0.3 is 10.2 Å². The highest BCUT2D eigenvalue weighted by Crippen LogP contribution is 2.26. The molecule has 2 aliphatic heterocycles. The van der Waals surface area contributed by atoms with E-state index < -0.39 is 10.2 Å². The van der Waals surface area contributed by atoms with Gasteiger partial charge in [-0.15, -0.1) is 0 Å². The fourth-order valence-electron chi connectivity index (χ4n) is 4.75. The van der Waals surface area contributed by atoms with E-state index in [1.54, 1.807) is 31.4 Å². The molecule has 0 aliphatic carbocycles. The van der Waals surface area contributed by atoms with Crippen molar-refractivity contribution in [2.45, 2.75) is 51.9 Å². The number of ether oxygens (including phenoxy) is 1. The molecule has 0 bridgehead atoms. The standard InChI is InChI=1S/C24H40N4O4S/c1-3-28(22-11-13-23(32-2)14-12-22)33(30,31)27-19-8-10-21(20-27)24(29)25-15-9-18-26-16-6-4-5-7-17-26/h11-14,21H,3-10,15-20H2,1-2H3,(H,25,29). The number of benzene rings is 1. The third-order valence-corrected chi connectivity index (χ3v) is 8.67. The number of nitrogens with zero attached hydrogens (tertiary/aromatic N) is 3. The molecule has 33 heavy (non-hydrogen) atoms. The van der Waals surface area contributed by atoms with E-state index in [0.29, 0.717) is 37.5 Å². The molecule has 3 rings (SSSR count). The number of hydrogen-bond acceptors (Lipinski definition) is 5. The lowest BCUT2D eigenvalue weighted by atomic mass is 9.99. The zero-order chi connectivity index (χ0) is 23.7. The summed E-state index contributed by atoms with van der Waals surface area (Å²) in [5.74, 6) is 0.345. The number of piperidine rings is 1. The number of likely N-dealkylation sites (tertiary alicyclic amines) is 1. The van der Waals surface area contributed by atoms with Gasteiger partial charge in [0, 0.05) is 26.2 Å². The van der Waals surface area contributed by atoms with Crippen LogP contribution in [-0.2, 0) is 15.0 Å². The van der Waals surface area contributed by atoms with Gasteiger partial charge in [-0.2, -0.15) is 12.7 Å². The first-order chi connectivity index (χ1) is 16.0. The van der Waals surface area contributed by atoms with Crippen LogP contribution in [0.15, 0.2) is 24.3 Å². The van der Waals surface area contributed by atoms with Gasteiger partial charge in [0.25, 0.3) is 0 Å². The normalized spacial score (nSPS) is 20.7. The van der Waals surface area contributed by atoms with E-state index in [4.69, 9.17) is 4.74 Å². The van der Waals surface area contributed by atoms with Crippen LogP contribution in [0.4, 0.5) is 5.69 Å². The molecule has 0 spiro atoms. The molecule has 1 atom stereocenters. The minimum Gasteiger partial charge on any atom is -0.497 e. The molecule has 186 valence electrons. The lowest BCUT2D eigenvalue weighted by Crippen LogP contribution is -2.50. The average Bonchev–Trinajstić information content (AvgIpc) is 3.11. The highest BCUT2D eigenvalue weighted by molar-refractivity contribution is 7.90. The first-order valence-corrected chi connectivity index (χ1v) is 13.8. The maximum absolute atomic E-state index is 13.4. The fraction of sp³-hybridized carbons (Fsp3) is 0.708. The Labute approximate surface area is 199 Å². The molecule has 1 aromatic rings. The molecule has 1 amide bonds. The maximum Gasteiger partial charge on any atom is 0.304 e. The topological polar surface area (TPSA) is 82.2 Å². The Kier molecular flexibility index (Phi) is 9.82. The smallest absolute Gasteiger partial charge is 0.304 e. The van der Waals surface area contributed by atoms with Crippen LogP contribution in [0.1, 0.15) is 51.9 Å². The molecule has 2 fully saturated rings. The van der Waals surface area contributed by atoms with E-state index in [1.807, 2.05) is 6.92 Å². The minimum atomic E-state index is -3.72. The quantitative estimate of drug-likeness (QED) is 0.521. The van der Waals surface area contributed by atoms with Gasteiger partial charge in [-0.1, -0.05) is 12.8 Å². The van der Waals surface area contributed by atoms with Crippen LogP contribution in [0.25, 0.3) is 0 Å². The Hall–Kier alpha value is -1.84. The second-order valence-corrected chi connectivity index (χ2v) is 10.8. The second-order valence-electron chi connectivity index (χ2n) is 8.97. The molecule has 9 heteroatoms. The number of methoxy groups -OCH3 is 1. The highest BCUT2D eigenvalue weighted by atomic mass is 32.2. The van der Waals surface area contributed by atoms with Crippen molar-refractivity contribution in [1.82, 2.24) is 14.5 Å². The van der Waals surface area contributed by atoms with E-state index in [9.17, 15) is 13.2 Å². The summed E-state index contributed by atoms with van der Waals surface area (Å²) >= 11 is 0. The number of carbonyl (C=O) groups excluding carboxylic acids is 1. The molecular formula is C24H40N4O4S. The molecule has 1 unspecified atom stereocenters. The predicted molar refractivity (Wildman–Crippen MR) is 132 cm³/mol. The second kappa shape index (κ2) is 12.6. The van der Waals surface area contributed by atoms with Gasteiger partial charge in [0.05, 0.1) is 18.7 Å². The molecular weight excluding hydrogens is 440 g/mol. The summed E-state index contributed by atoms with van der Waals surface area (Å²) in [5, 5.41) is 3.05. The first kappa shape index (κ1) is 25.8. The summed E-state index contributed by atoms with van der Waals surface area (Å²) in [5.41, 5.74) is 0.596. The highest BCUT2D eigenvalue weighted by Gasteiger charge is 2.35. The molecule has 2 aliphatic rings. The number of carbonyl (C=O) groups is 1. The SMILES string of the molecule is CCN(c1ccc(OC)cc1)S(=O)(=O)N1CCCC(C(=O)NCCCN2CCCCCC2)C1. The van der Waals surface area contributed by atoms with E-state index in [0.717, 1.165) is 32.5 Å². The van der Waals surface area contributed by atoms with Gasteiger partial charge in [-0.05, 0) is 82.9 Å². The molecule has 1 N–H and O–H groups in total. The van der Waals surface area contributed by atoms with E-state index >= 15 is 0 Å². The van der Waals surface area contributed by atoms with E-state index in [1.165, 1.54) is 34.3 Å². The largest absolute Gasteiger partial charge is 0.497 e. The lowest BCUT2D eigenvalue weighted by molar-refractivity contribution is -0.126. The third-order valence-electron chi connectivity index (χ3n) is 6.66. The minimum absolute atomic E-state index is 0.0294. The van der Waals surface area contributed by atoms with Crippen LogP contribution < -0.4 is 14.4 Å². The molecule has 1 aromatic carbocycles. The van der Waals surface area contributed by atoms with Crippen LogP contribution in [0.2, 0.25) is 0 Å². The number of rotatable bonds is 10. The number of hydrogen-bond donors (Lipinski definition) is 1. The zero-order valence-electron chi connectivity index (χ0n) is 20.2. The summed E-state index contributed by atoms with van der Waals surface area (Å²) < 4.78 is 34.8. The van der Waals surface area contributed by atoms with Gasteiger partial charge in [0.1, 0.15) is 5.75 Å². The van der Waals surface area contributed by atoms with Gasteiger partial charge in [-0.25, -0.2) is 0 Å². The Bertz CT molecular complexity index is 839. The van der Waals surface area contributed by atoms with Crippen LogP contribution >= 0.6 is 0 Å². The van der Waals surface area contributed by atoms with Crippen LogP contribution in [-0.4, -0.2) is 76.5 Å². The Morgan fingerprint density at radius 3 is 2.42 bits per heavy atom. The Morgan fingerprint density at radius 1 is 1.09 bits per heavy atom. The van der Waals surface area contributed by atoms with Crippen molar-refractivity contribution in [2.24, 2.45) is 5.92 Å². The lowest BCUT2D eigenvalue weighted by Gasteiger charge is -2.35. The van der Waals surface area contributed by atoms with Crippen molar-refractivity contribution in [3.8, 4) is 5.75 Å². The number of amides is 1. The molecule has 2 heterocycles. The summed E-state index contributed by atoms with van der Waals surface area (Å²) in [6.07, 6.45) is 7.52.